The zero-order chi connectivity index (χ0) is 12.0. The van der Waals surface area contributed by atoms with Crippen LogP contribution in [0.15, 0.2) is 22.8 Å². The second-order valence-electron chi connectivity index (χ2n) is 4.30. The lowest BCUT2D eigenvalue weighted by Crippen LogP contribution is -2.01. The molecule has 2 aromatic heterocycles. The van der Waals surface area contributed by atoms with Crippen molar-refractivity contribution in [1.29, 1.82) is 0 Å². The highest BCUT2D eigenvalue weighted by Gasteiger charge is 2.25. The second kappa shape index (κ2) is 3.91. The van der Waals surface area contributed by atoms with Gasteiger partial charge in [-0.05, 0) is 47.8 Å². The molecule has 5 heteroatoms. The van der Waals surface area contributed by atoms with Crippen molar-refractivity contribution in [3.05, 3.63) is 34.3 Å². The number of nitrogens with zero attached hydrogens (tertiary/aromatic N) is 3. The van der Waals surface area contributed by atoms with E-state index in [2.05, 4.69) is 32.9 Å². The molecular formula is C12H11BrFN3. The molecule has 3 heterocycles. The van der Waals surface area contributed by atoms with Gasteiger partial charge in [-0.15, -0.1) is 0 Å². The molecule has 3 nitrogen and oxygen atoms in total. The summed E-state index contributed by atoms with van der Waals surface area (Å²) in [6, 6.07) is 3.49. The molecule has 0 spiro atoms. The molecule has 0 saturated carbocycles. The largest absolute Gasteiger partial charge is 0.265 e. The maximum Gasteiger partial charge on any atom is 0.141 e. The minimum absolute atomic E-state index is 0.329. The summed E-state index contributed by atoms with van der Waals surface area (Å²) in [5.74, 6) is -0.329. The van der Waals surface area contributed by atoms with E-state index in [1.807, 2.05) is 4.68 Å². The Morgan fingerprint density at radius 2 is 2.29 bits per heavy atom. The van der Waals surface area contributed by atoms with Gasteiger partial charge >= 0.3 is 0 Å². The van der Waals surface area contributed by atoms with Crippen LogP contribution in [0.2, 0.25) is 0 Å². The third-order valence-electron chi connectivity index (χ3n) is 3.13. The van der Waals surface area contributed by atoms with E-state index in [-0.39, 0.29) is 5.82 Å². The molecule has 0 radical (unpaired) electrons. The minimum Gasteiger partial charge on any atom is -0.265 e. The van der Waals surface area contributed by atoms with Crippen molar-refractivity contribution < 1.29 is 4.39 Å². The van der Waals surface area contributed by atoms with E-state index in [4.69, 9.17) is 0 Å². The van der Waals surface area contributed by atoms with Crippen molar-refractivity contribution in [2.24, 2.45) is 0 Å². The summed E-state index contributed by atoms with van der Waals surface area (Å²) in [5.41, 5.74) is 2.71. The highest BCUT2D eigenvalue weighted by molar-refractivity contribution is 9.10. The Kier molecular flexibility index (Phi) is 2.50. The van der Waals surface area contributed by atoms with Crippen molar-refractivity contribution in [2.45, 2.75) is 25.8 Å². The average Bonchev–Trinajstić information content (AvgIpc) is 2.83. The van der Waals surface area contributed by atoms with Gasteiger partial charge in [-0.25, -0.2) is 4.39 Å². The summed E-state index contributed by atoms with van der Waals surface area (Å²) < 4.78 is 15.8. The average molecular weight is 296 g/mol. The molecule has 1 aliphatic heterocycles. The van der Waals surface area contributed by atoms with Gasteiger partial charge < -0.3 is 0 Å². The number of hydrogen-bond acceptors (Lipinski definition) is 2. The first-order chi connectivity index (χ1) is 8.16. The molecule has 0 fully saturated rings. The summed E-state index contributed by atoms with van der Waals surface area (Å²) in [5, 5.41) is 4.56. The van der Waals surface area contributed by atoms with E-state index >= 15 is 0 Å². The first kappa shape index (κ1) is 10.9. The number of rotatable bonds is 1. The first-order valence-corrected chi connectivity index (χ1v) is 6.35. The van der Waals surface area contributed by atoms with E-state index in [0.29, 0.717) is 11.7 Å². The van der Waals surface area contributed by atoms with Crippen molar-refractivity contribution >= 4 is 15.9 Å². The highest BCUT2D eigenvalue weighted by Crippen LogP contribution is 2.36. The van der Waals surface area contributed by atoms with Crippen molar-refractivity contribution in [3.63, 3.8) is 0 Å². The van der Waals surface area contributed by atoms with E-state index in [1.54, 1.807) is 6.07 Å². The Labute approximate surface area is 107 Å². The highest BCUT2D eigenvalue weighted by atomic mass is 79.9. The first-order valence-electron chi connectivity index (χ1n) is 5.55. The molecule has 88 valence electrons. The van der Waals surface area contributed by atoms with Gasteiger partial charge in [0.15, 0.2) is 0 Å². The van der Waals surface area contributed by atoms with Gasteiger partial charge in [-0.3, -0.25) is 9.67 Å². The van der Waals surface area contributed by atoms with Crippen LogP contribution in [0.3, 0.4) is 0 Å². The molecule has 0 unspecified atom stereocenters. The Hall–Kier alpha value is -1.23. The number of aromatic nitrogens is 3. The van der Waals surface area contributed by atoms with Crippen LogP contribution >= 0.6 is 15.9 Å². The molecule has 0 N–H and O–H groups in total. The summed E-state index contributed by atoms with van der Waals surface area (Å²) in [6.07, 6.45) is 3.36. The van der Waals surface area contributed by atoms with Crippen LogP contribution in [-0.4, -0.2) is 14.8 Å². The fourth-order valence-electron chi connectivity index (χ4n) is 2.19. The van der Waals surface area contributed by atoms with Crippen molar-refractivity contribution in [1.82, 2.24) is 14.8 Å². The van der Waals surface area contributed by atoms with Crippen LogP contribution in [0, 0.1) is 5.82 Å². The van der Waals surface area contributed by atoms with Gasteiger partial charge in [0.2, 0.25) is 0 Å². The molecule has 2 aromatic rings. The molecule has 0 amide bonds. The van der Waals surface area contributed by atoms with Crippen LogP contribution in [0.1, 0.15) is 25.1 Å². The summed E-state index contributed by atoms with van der Waals surface area (Å²) in [4.78, 5) is 4.07. The predicted molar refractivity (Wildman–Crippen MR) is 66.1 cm³/mol. The number of pyridine rings is 1. The van der Waals surface area contributed by atoms with Gasteiger partial charge in [-0.1, -0.05) is 0 Å². The molecule has 1 aliphatic rings. The summed E-state index contributed by atoms with van der Waals surface area (Å²) in [7, 11) is 0. The third kappa shape index (κ3) is 1.69. The van der Waals surface area contributed by atoms with Crippen molar-refractivity contribution in [3.8, 4) is 11.4 Å². The summed E-state index contributed by atoms with van der Waals surface area (Å²) >= 11 is 3.57. The molecule has 0 aromatic carbocycles. The lowest BCUT2D eigenvalue weighted by atomic mass is 10.2. The Balaban J connectivity index is 2.10. The SMILES string of the molecule is C[C@@H]1CCc2c(Br)c(-c3ccc(F)cn3)nn21. The zero-order valence-electron chi connectivity index (χ0n) is 9.32. The third-order valence-corrected chi connectivity index (χ3v) is 3.97. The van der Waals surface area contributed by atoms with Crippen molar-refractivity contribution in [2.75, 3.05) is 0 Å². The van der Waals surface area contributed by atoms with E-state index in [1.165, 1.54) is 18.0 Å². The summed E-state index contributed by atoms with van der Waals surface area (Å²) in [6.45, 7) is 2.15. The maximum absolute atomic E-state index is 12.8. The van der Waals surface area contributed by atoms with E-state index < -0.39 is 0 Å². The van der Waals surface area contributed by atoms with Gasteiger partial charge in [0.25, 0.3) is 0 Å². The van der Waals surface area contributed by atoms with Crippen LogP contribution in [0.5, 0.6) is 0 Å². The zero-order valence-corrected chi connectivity index (χ0v) is 10.9. The smallest absolute Gasteiger partial charge is 0.141 e. The van der Waals surface area contributed by atoms with Gasteiger partial charge in [0.05, 0.1) is 22.1 Å². The standard InChI is InChI=1S/C12H11BrFN3/c1-7-2-5-10-11(13)12(16-17(7)10)9-4-3-8(14)6-15-9/h3-4,6-7H,2,5H2,1H3/t7-/m1/s1. The van der Waals surface area contributed by atoms with E-state index in [9.17, 15) is 4.39 Å². The van der Waals surface area contributed by atoms with E-state index in [0.717, 1.165) is 23.0 Å². The van der Waals surface area contributed by atoms with Crippen LogP contribution in [0.25, 0.3) is 11.4 Å². The van der Waals surface area contributed by atoms with Crippen LogP contribution in [0.4, 0.5) is 4.39 Å². The van der Waals surface area contributed by atoms with Crippen LogP contribution < -0.4 is 0 Å². The fraction of sp³-hybridized carbons (Fsp3) is 0.333. The normalized spacial score (nSPS) is 18.4. The lowest BCUT2D eigenvalue weighted by molar-refractivity contribution is 0.522. The van der Waals surface area contributed by atoms with Gasteiger partial charge in [0, 0.05) is 6.04 Å². The predicted octanol–water partition coefficient (Wildman–Crippen LogP) is 3.35. The van der Waals surface area contributed by atoms with Crippen LogP contribution in [-0.2, 0) is 6.42 Å². The monoisotopic (exact) mass is 295 g/mol. The number of halogens is 2. The molecule has 0 bridgehead atoms. The Bertz CT molecular complexity index is 562. The molecule has 3 rings (SSSR count). The van der Waals surface area contributed by atoms with Gasteiger partial charge in [0.1, 0.15) is 11.5 Å². The number of fused-ring (bicyclic) bond motifs is 1. The molecule has 0 saturated heterocycles. The Morgan fingerprint density at radius 1 is 1.47 bits per heavy atom. The minimum atomic E-state index is -0.329. The van der Waals surface area contributed by atoms with Gasteiger partial charge in [-0.2, -0.15) is 5.10 Å². The Morgan fingerprint density at radius 3 is 2.94 bits per heavy atom. The fourth-order valence-corrected chi connectivity index (χ4v) is 2.85. The quantitative estimate of drug-likeness (QED) is 0.808. The maximum atomic E-state index is 12.8. The topological polar surface area (TPSA) is 30.7 Å². The second-order valence-corrected chi connectivity index (χ2v) is 5.10. The number of hydrogen-bond donors (Lipinski definition) is 0. The molecule has 0 aliphatic carbocycles. The lowest BCUT2D eigenvalue weighted by Gasteiger charge is -2.03. The molecular weight excluding hydrogens is 285 g/mol. The molecule has 17 heavy (non-hydrogen) atoms. The molecule has 1 atom stereocenters.